The van der Waals surface area contributed by atoms with Crippen molar-refractivity contribution in [1.82, 2.24) is 0 Å². The van der Waals surface area contributed by atoms with Gasteiger partial charge in [-0.25, -0.2) is 0 Å². The largest absolute Gasteiger partial charge is 0.469 e. The highest BCUT2D eigenvalue weighted by molar-refractivity contribution is 5.68. The summed E-state index contributed by atoms with van der Waals surface area (Å²) in [6, 6.07) is 0. The van der Waals surface area contributed by atoms with Gasteiger partial charge < -0.3 is 9.84 Å². The third-order valence-electron chi connectivity index (χ3n) is 2.59. The topological polar surface area (TPSA) is 46.5 Å². The molecule has 84 valence electrons. The van der Waals surface area contributed by atoms with Gasteiger partial charge in [0.05, 0.1) is 13.2 Å². The van der Waals surface area contributed by atoms with Gasteiger partial charge in [-0.2, -0.15) is 0 Å². The lowest BCUT2D eigenvalue weighted by atomic mass is 9.98. The molecule has 14 heavy (non-hydrogen) atoms. The number of hydrogen-bond donors (Lipinski definition) is 1. The van der Waals surface area contributed by atoms with E-state index in [4.69, 9.17) is 0 Å². The molecule has 3 heteroatoms. The molecule has 3 nitrogen and oxygen atoms in total. The number of aliphatic hydroxyl groups is 1. The number of hydrogen-bond acceptors (Lipinski definition) is 3. The maximum absolute atomic E-state index is 10.8. The number of carbonyl (C=O) groups is 1. The van der Waals surface area contributed by atoms with Crippen LogP contribution in [0.15, 0.2) is 0 Å². The summed E-state index contributed by atoms with van der Waals surface area (Å²) in [5, 5.41) is 9.23. The van der Waals surface area contributed by atoms with E-state index < -0.39 is 0 Å². The average Bonchev–Trinajstić information content (AvgIpc) is 2.16. The number of rotatable bonds is 7. The van der Waals surface area contributed by atoms with Gasteiger partial charge in [0.1, 0.15) is 0 Å². The minimum atomic E-state index is -0.226. The quantitative estimate of drug-likeness (QED) is 0.508. The highest BCUT2D eigenvalue weighted by Gasteiger charge is 2.07. The van der Waals surface area contributed by atoms with Crippen LogP contribution in [0.1, 0.15) is 46.0 Å². The fourth-order valence-electron chi connectivity index (χ4n) is 1.26. The molecule has 0 aliphatic rings. The van der Waals surface area contributed by atoms with Crippen molar-refractivity contribution in [1.29, 1.82) is 0 Å². The Labute approximate surface area is 86.5 Å². The van der Waals surface area contributed by atoms with Gasteiger partial charge in [-0.1, -0.05) is 19.8 Å². The predicted octanol–water partition coefficient (Wildman–Crippen LogP) is 2.13. The summed E-state index contributed by atoms with van der Waals surface area (Å²) in [5.74, 6) is 0.224. The first kappa shape index (κ1) is 13.4. The van der Waals surface area contributed by atoms with Gasteiger partial charge in [0.25, 0.3) is 0 Å². The van der Waals surface area contributed by atoms with Crippen molar-refractivity contribution < 1.29 is 14.6 Å². The highest BCUT2D eigenvalue weighted by Crippen LogP contribution is 2.13. The van der Waals surface area contributed by atoms with E-state index in [9.17, 15) is 9.90 Å². The van der Waals surface area contributed by atoms with Crippen LogP contribution < -0.4 is 0 Å². The van der Waals surface area contributed by atoms with Gasteiger partial charge >= 0.3 is 5.97 Å². The molecule has 0 aliphatic carbocycles. The molecular formula is C11H22O3. The molecule has 0 unspecified atom stereocenters. The standard InChI is InChI=1S/C11H22O3/c1-9(10(2)12)7-5-4-6-8-11(13)14-3/h9-10,12H,4-8H2,1-3H3/t9-,10+/m1/s1. The van der Waals surface area contributed by atoms with Crippen LogP contribution in [0.4, 0.5) is 0 Å². The van der Waals surface area contributed by atoms with E-state index in [1.165, 1.54) is 7.11 Å². The summed E-state index contributed by atoms with van der Waals surface area (Å²) in [6.07, 6.45) is 4.31. The zero-order chi connectivity index (χ0) is 11.0. The molecule has 0 heterocycles. The minimum Gasteiger partial charge on any atom is -0.469 e. The number of unbranched alkanes of at least 4 members (excludes halogenated alkanes) is 2. The normalized spacial score (nSPS) is 14.9. The van der Waals surface area contributed by atoms with Crippen molar-refractivity contribution >= 4 is 5.97 Å². The SMILES string of the molecule is COC(=O)CCCCC[C@@H](C)[C@H](C)O. The van der Waals surface area contributed by atoms with E-state index in [2.05, 4.69) is 4.74 Å². The van der Waals surface area contributed by atoms with Crippen LogP contribution in [0.2, 0.25) is 0 Å². The van der Waals surface area contributed by atoms with E-state index in [-0.39, 0.29) is 12.1 Å². The molecule has 0 fully saturated rings. The minimum absolute atomic E-state index is 0.131. The fraction of sp³-hybridized carbons (Fsp3) is 0.909. The first-order valence-electron chi connectivity index (χ1n) is 5.32. The van der Waals surface area contributed by atoms with E-state index in [1.54, 1.807) is 0 Å². The predicted molar refractivity (Wildman–Crippen MR) is 55.9 cm³/mol. The number of carbonyl (C=O) groups excluding carboxylic acids is 1. The van der Waals surface area contributed by atoms with Gasteiger partial charge in [-0.15, -0.1) is 0 Å². The Balaban J connectivity index is 3.25. The Morgan fingerprint density at radius 1 is 1.29 bits per heavy atom. The third-order valence-corrected chi connectivity index (χ3v) is 2.59. The lowest BCUT2D eigenvalue weighted by Gasteiger charge is -2.13. The molecule has 0 aromatic heterocycles. The first-order valence-corrected chi connectivity index (χ1v) is 5.32. The monoisotopic (exact) mass is 202 g/mol. The number of ether oxygens (including phenoxy) is 1. The Morgan fingerprint density at radius 2 is 1.93 bits per heavy atom. The Bertz CT molecular complexity index is 155. The van der Waals surface area contributed by atoms with Gasteiger partial charge in [0, 0.05) is 6.42 Å². The van der Waals surface area contributed by atoms with E-state index in [1.807, 2.05) is 13.8 Å². The zero-order valence-electron chi connectivity index (χ0n) is 9.45. The molecule has 0 bridgehead atoms. The molecule has 1 N–H and O–H groups in total. The number of aliphatic hydroxyl groups excluding tert-OH is 1. The smallest absolute Gasteiger partial charge is 0.305 e. The summed E-state index contributed by atoms with van der Waals surface area (Å²) in [6.45, 7) is 3.87. The molecule has 2 atom stereocenters. The molecule has 0 saturated carbocycles. The molecule has 0 aliphatic heterocycles. The molecule has 0 saturated heterocycles. The lowest BCUT2D eigenvalue weighted by Crippen LogP contribution is -2.12. The number of esters is 1. The van der Waals surface area contributed by atoms with Crippen LogP contribution in [0.5, 0.6) is 0 Å². The summed E-state index contributed by atoms with van der Waals surface area (Å²) >= 11 is 0. The van der Waals surface area contributed by atoms with Crippen molar-refractivity contribution in [3.8, 4) is 0 Å². The Hall–Kier alpha value is -0.570. The molecule has 0 rings (SSSR count). The molecular weight excluding hydrogens is 180 g/mol. The maximum atomic E-state index is 10.8. The van der Waals surface area contributed by atoms with E-state index in [0.29, 0.717) is 12.3 Å². The van der Waals surface area contributed by atoms with Crippen molar-refractivity contribution in [2.24, 2.45) is 5.92 Å². The van der Waals surface area contributed by atoms with Crippen LogP contribution >= 0.6 is 0 Å². The average molecular weight is 202 g/mol. The highest BCUT2D eigenvalue weighted by atomic mass is 16.5. The maximum Gasteiger partial charge on any atom is 0.305 e. The van der Waals surface area contributed by atoms with Crippen LogP contribution in [-0.4, -0.2) is 24.3 Å². The van der Waals surface area contributed by atoms with Crippen LogP contribution in [-0.2, 0) is 9.53 Å². The summed E-state index contributed by atoms with van der Waals surface area (Å²) < 4.78 is 4.54. The van der Waals surface area contributed by atoms with Crippen molar-refractivity contribution in [2.75, 3.05) is 7.11 Å². The molecule has 0 radical (unpaired) electrons. The zero-order valence-corrected chi connectivity index (χ0v) is 9.45. The first-order chi connectivity index (χ1) is 6.57. The summed E-state index contributed by atoms with van der Waals surface area (Å²) in [4.78, 5) is 10.8. The second-order valence-corrected chi connectivity index (χ2v) is 3.89. The van der Waals surface area contributed by atoms with Crippen LogP contribution in [0.25, 0.3) is 0 Å². The lowest BCUT2D eigenvalue weighted by molar-refractivity contribution is -0.140. The van der Waals surface area contributed by atoms with Crippen molar-refractivity contribution in [3.05, 3.63) is 0 Å². The third kappa shape index (κ3) is 6.89. The molecule has 0 aromatic rings. The van der Waals surface area contributed by atoms with Crippen molar-refractivity contribution in [2.45, 2.75) is 52.1 Å². The fourth-order valence-corrected chi connectivity index (χ4v) is 1.26. The number of methoxy groups -OCH3 is 1. The van der Waals surface area contributed by atoms with Gasteiger partial charge in [-0.05, 0) is 25.7 Å². The van der Waals surface area contributed by atoms with E-state index >= 15 is 0 Å². The Kier molecular flexibility index (Phi) is 7.48. The van der Waals surface area contributed by atoms with Crippen LogP contribution in [0.3, 0.4) is 0 Å². The Morgan fingerprint density at radius 3 is 2.43 bits per heavy atom. The molecule has 0 amide bonds. The van der Waals surface area contributed by atoms with Gasteiger partial charge in [0.15, 0.2) is 0 Å². The second-order valence-electron chi connectivity index (χ2n) is 3.89. The molecule has 0 aromatic carbocycles. The van der Waals surface area contributed by atoms with Crippen molar-refractivity contribution in [3.63, 3.8) is 0 Å². The second kappa shape index (κ2) is 7.80. The molecule has 0 spiro atoms. The van der Waals surface area contributed by atoms with Gasteiger partial charge in [0.2, 0.25) is 0 Å². The van der Waals surface area contributed by atoms with E-state index in [0.717, 1.165) is 25.7 Å². The van der Waals surface area contributed by atoms with Crippen LogP contribution in [0, 0.1) is 5.92 Å². The van der Waals surface area contributed by atoms with Gasteiger partial charge in [-0.3, -0.25) is 4.79 Å². The summed E-state index contributed by atoms with van der Waals surface area (Å²) in [5.41, 5.74) is 0. The summed E-state index contributed by atoms with van der Waals surface area (Å²) in [7, 11) is 1.41.